The van der Waals surface area contributed by atoms with Crippen LogP contribution in [-0.2, 0) is 6.61 Å². The summed E-state index contributed by atoms with van der Waals surface area (Å²) in [5, 5.41) is 24.6. The molecule has 0 aliphatic carbocycles. The van der Waals surface area contributed by atoms with Crippen molar-refractivity contribution >= 4 is 0 Å². The second kappa shape index (κ2) is 8.88. The minimum atomic E-state index is -0.685. The van der Waals surface area contributed by atoms with Gasteiger partial charge in [-0.25, -0.2) is 13.8 Å². The van der Waals surface area contributed by atoms with Crippen LogP contribution in [-0.4, -0.2) is 35.5 Å². The highest BCUT2D eigenvalue weighted by molar-refractivity contribution is 5.61. The summed E-state index contributed by atoms with van der Waals surface area (Å²) in [7, 11) is 0. The van der Waals surface area contributed by atoms with E-state index in [0.717, 1.165) is 5.56 Å². The summed E-state index contributed by atoms with van der Waals surface area (Å²) in [6, 6.07) is 7.10. The van der Waals surface area contributed by atoms with Crippen molar-refractivity contribution < 1.29 is 13.9 Å². The Hall–Kier alpha value is -3.59. The van der Waals surface area contributed by atoms with Crippen LogP contribution >= 0.6 is 0 Å². The number of nitrogens with one attached hydrogen (secondary N) is 1. The third kappa shape index (κ3) is 4.11. The fourth-order valence-corrected chi connectivity index (χ4v) is 3.51. The van der Waals surface area contributed by atoms with Gasteiger partial charge in [-0.15, -0.1) is 0 Å². The number of aliphatic hydroxyl groups excluding tert-OH is 1. The zero-order valence-corrected chi connectivity index (χ0v) is 17.8. The van der Waals surface area contributed by atoms with Crippen LogP contribution < -0.4 is 0 Å². The van der Waals surface area contributed by atoms with Gasteiger partial charge in [-0.2, -0.15) is 15.3 Å². The summed E-state index contributed by atoms with van der Waals surface area (Å²) >= 11 is 0. The molecule has 1 atom stereocenters. The third-order valence-electron chi connectivity index (χ3n) is 5.27. The summed E-state index contributed by atoms with van der Waals surface area (Å²) in [5.74, 6) is -1.61. The molecule has 3 aromatic heterocycles. The first-order valence-electron chi connectivity index (χ1n) is 10.2. The Balaban J connectivity index is 1.74. The van der Waals surface area contributed by atoms with Crippen molar-refractivity contribution in [2.75, 3.05) is 0 Å². The molecule has 0 saturated heterocycles. The maximum Gasteiger partial charge on any atom is 0.135 e. The van der Waals surface area contributed by atoms with Crippen molar-refractivity contribution in [3.05, 3.63) is 77.0 Å². The Labute approximate surface area is 183 Å². The molecule has 1 aromatic carbocycles. The summed E-state index contributed by atoms with van der Waals surface area (Å²) in [5.41, 5.74) is 3.81. The summed E-state index contributed by atoms with van der Waals surface area (Å²) in [6.07, 6.45) is 3.25. The first-order chi connectivity index (χ1) is 15.4. The molecule has 164 valence electrons. The largest absolute Gasteiger partial charge is 0.390 e. The molecule has 0 fully saturated rings. The van der Waals surface area contributed by atoms with Crippen LogP contribution in [0.1, 0.15) is 55.3 Å². The van der Waals surface area contributed by atoms with E-state index in [4.69, 9.17) is 0 Å². The van der Waals surface area contributed by atoms with Crippen molar-refractivity contribution in [3.63, 3.8) is 0 Å². The second-order valence-electron chi connectivity index (χ2n) is 7.80. The van der Waals surface area contributed by atoms with Crippen molar-refractivity contribution in [2.45, 2.75) is 39.2 Å². The molecule has 0 aliphatic heterocycles. The first-order valence-corrected chi connectivity index (χ1v) is 10.2. The lowest BCUT2D eigenvalue weighted by Gasteiger charge is -2.18. The normalized spacial score (nSPS) is 12.3. The van der Waals surface area contributed by atoms with Gasteiger partial charge in [0.1, 0.15) is 17.3 Å². The van der Waals surface area contributed by atoms with Crippen LogP contribution in [0.15, 0.2) is 42.7 Å². The highest BCUT2D eigenvalue weighted by Crippen LogP contribution is 2.32. The summed E-state index contributed by atoms with van der Waals surface area (Å²) in [6.45, 7) is 5.72. The van der Waals surface area contributed by atoms with E-state index in [0.29, 0.717) is 28.5 Å². The van der Waals surface area contributed by atoms with Crippen LogP contribution in [0.5, 0.6) is 0 Å². The van der Waals surface area contributed by atoms with Crippen LogP contribution in [0.2, 0.25) is 0 Å². The van der Waals surface area contributed by atoms with E-state index in [9.17, 15) is 13.9 Å². The zero-order valence-electron chi connectivity index (χ0n) is 17.8. The van der Waals surface area contributed by atoms with Crippen LogP contribution in [0.25, 0.3) is 22.6 Å². The Morgan fingerprint density at radius 2 is 1.75 bits per heavy atom. The SMILES string of the molecule is CC(C)c1cc(-c2c(F)cccc2F)nnc1C(C)c1cncc(-c2cc(CO)n[nH]2)n1. The molecular formula is C23H22F2N6O. The van der Waals surface area contributed by atoms with E-state index in [-0.39, 0.29) is 29.7 Å². The molecule has 0 aliphatic rings. The van der Waals surface area contributed by atoms with E-state index >= 15 is 0 Å². The lowest BCUT2D eigenvalue weighted by molar-refractivity contribution is 0.276. The molecule has 9 heteroatoms. The maximum absolute atomic E-state index is 14.3. The highest BCUT2D eigenvalue weighted by Gasteiger charge is 2.22. The molecule has 32 heavy (non-hydrogen) atoms. The van der Waals surface area contributed by atoms with Gasteiger partial charge in [-0.3, -0.25) is 10.1 Å². The van der Waals surface area contributed by atoms with E-state index in [1.165, 1.54) is 18.2 Å². The molecule has 0 radical (unpaired) electrons. The molecule has 0 spiro atoms. The molecule has 4 rings (SSSR count). The fourth-order valence-electron chi connectivity index (χ4n) is 3.51. The predicted molar refractivity (Wildman–Crippen MR) is 115 cm³/mol. The van der Waals surface area contributed by atoms with E-state index in [1.54, 1.807) is 24.5 Å². The van der Waals surface area contributed by atoms with Gasteiger partial charge in [-0.05, 0) is 35.7 Å². The Morgan fingerprint density at radius 1 is 1.00 bits per heavy atom. The van der Waals surface area contributed by atoms with Gasteiger partial charge >= 0.3 is 0 Å². The van der Waals surface area contributed by atoms with Gasteiger partial charge in [0, 0.05) is 12.1 Å². The highest BCUT2D eigenvalue weighted by atomic mass is 19.1. The predicted octanol–water partition coefficient (Wildman–Crippen LogP) is 4.37. The molecular weight excluding hydrogens is 414 g/mol. The molecule has 2 N–H and O–H groups in total. The topological polar surface area (TPSA) is 100 Å². The van der Waals surface area contributed by atoms with E-state index in [2.05, 4.69) is 30.4 Å². The number of rotatable bonds is 6. The molecule has 1 unspecified atom stereocenters. The lowest BCUT2D eigenvalue weighted by Crippen LogP contribution is -2.10. The average molecular weight is 436 g/mol. The number of aromatic nitrogens is 6. The number of aromatic amines is 1. The van der Waals surface area contributed by atoms with Gasteiger partial charge in [0.2, 0.25) is 0 Å². The van der Waals surface area contributed by atoms with Gasteiger partial charge < -0.3 is 5.11 Å². The van der Waals surface area contributed by atoms with E-state index < -0.39 is 11.6 Å². The minimum absolute atomic E-state index is 0.0346. The van der Waals surface area contributed by atoms with Crippen LogP contribution in [0.3, 0.4) is 0 Å². The Morgan fingerprint density at radius 3 is 2.41 bits per heavy atom. The third-order valence-corrected chi connectivity index (χ3v) is 5.27. The van der Waals surface area contributed by atoms with Gasteiger partial charge in [0.25, 0.3) is 0 Å². The molecule has 0 amide bonds. The fraction of sp³-hybridized carbons (Fsp3) is 0.261. The first kappa shape index (κ1) is 21.6. The number of hydrogen-bond donors (Lipinski definition) is 2. The second-order valence-corrected chi connectivity index (χ2v) is 7.80. The molecule has 3 heterocycles. The summed E-state index contributed by atoms with van der Waals surface area (Å²) in [4.78, 5) is 8.96. The van der Waals surface area contributed by atoms with Gasteiger partial charge in [0.05, 0.1) is 46.8 Å². The average Bonchev–Trinajstić information content (AvgIpc) is 3.28. The van der Waals surface area contributed by atoms with Crippen molar-refractivity contribution in [1.29, 1.82) is 0 Å². The Kier molecular flexibility index (Phi) is 6.00. The smallest absolute Gasteiger partial charge is 0.135 e. The number of H-pyrrole nitrogens is 1. The number of halogens is 2. The van der Waals surface area contributed by atoms with Crippen LogP contribution in [0, 0.1) is 11.6 Å². The van der Waals surface area contributed by atoms with Crippen molar-refractivity contribution in [3.8, 4) is 22.6 Å². The monoisotopic (exact) mass is 436 g/mol. The molecule has 7 nitrogen and oxygen atoms in total. The van der Waals surface area contributed by atoms with Crippen LogP contribution in [0.4, 0.5) is 8.78 Å². The quantitative estimate of drug-likeness (QED) is 0.466. The number of aliphatic hydroxyl groups is 1. The molecule has 0 saturated carbocycles. The summed E-state index contributed by atoms with van der Waals surface area (Å²) < 4.78 is 28.6. The Bertz CT molecular complexity index is 1240. The molecule has 0 bridgehead atoms. The van der Waals surface area contributed by atoms with E-state index in [1.807, 2.05) is 20.8 Å². The minimum Gasteiger partial charge on any atom is -0.390 e. The van der Waals surface area contributed by atoms with Gasteiger partial charge in [0.15, 0.2) is 0 Å². The van der Waals surface area contributed by atoms with Gasteiger partial charge in [-0.1, -0.05) is 26.8 Å². The molecule has 4 aromatic rings. The number of benzene rings is 1. The van der Waals surface area contributed by atoms with Crippen molar-refractivity contribution in [2.24, 2.45) is 0 Å². The number of hydrogen-bond acceptors (Lipinski definition) is 6. The number of nitrogens with zero attached hydrogens (tertiary/aromatic N) is 5. The maximum atomic E-state index is 14.3. The van der Waals surface area contributed by atoms with Crippen molar-refractivity contribution in [1.82, 2.24) is 30.4 Å². The zero-order chi connectivity index (χ0) is 22.8. The lowest BCUT2D eigenvalue weighted by atomic mass is 9.92. The standard InChI is InChI=1S/C23H22F2N6O/c1-12(2)15-8-19(22-16(24)5-4-6-17(22)25)30-31-23(15)13(3)20-9-26-10-21(27-20)18-7-14(11-32)28-29-18/h4-10,12-13,32H,11H2,1-3H3,(H,28,29).